The lowest BCUT2D eigenvalue weighted by molar-refractivity contribution is -0.167. The lowest BCUT2D eigenvalue weighted by Gasteiger charge is -2.18. The first-order valence-corrected chi connectivity index (χ1v) is 35.8. The molecule has 0 rings (SSSR count). The van der Waals surface area contributed by atoms with E-state index in [4.69, 9.17) is 14.2 Å². The molecule has 0 saturated heterocycles. The van der Waals surface area contributed by atoms with Crippen molar-refractivity contribution in [2.45, 2.75) is 412 Å². The van der Waals surface area contributed by atoms with Crippen LogP contribution < -0.4 is 0 Å². The molecule has 6 heteroatoms. The molecule has 1 atom stereocenters. The fraction of sp³-hybridized carbons (Fsp3) is 0.904. The van der Waals surface area contributed by atoms with Crippen molar-refractivity contribution in [3.63, 3.8) is 0 Å². The predicted octanol–water partition coefficient (Wildman–Crippen LogP) is 24.6. The van der Waals surface area contributed by atoms with Gasteiger partial charge >= 0.3 is 17.9 Å². The average Bonchev–Trinajstić information content (AvgIpc) is 3.45. The Morgan fingerprint density at radius 3 is 0.696 bits per heavy atom. The number of carbonyl (C=O) groups is 3. The van der Waals surface area contributed by atoms with Crippen molar-refractivity contribution in [3.8, 4) is 0 Å². The molecule has 0 aromatic heterocycles. The molecule has 0 aliphatic carbocycles. The first-order valence-electron chi connectivity index (χ1n) is 35.8. The van der Waals surface area contributed by atoms with Gasteiger partial charge in [0, 0.05) is 19.3 Å². The topological polar surface area (TPSA) is 78.9 Å². The van der Waals surface area contributed by atoms with Gasteiger partial charge in [-0.1, -0.05) is 360 Å². The minimum Gasteiger partial charge on any atom is -0.462 e. The van der Waals surface area contributed by atoms with E-state index in [2.05, 4.69) is 45.1 Å². The second kappa shape index (κ2) is 68.4. The van der Waals surface area contributed by atoms with Crippen LogP contribution in [0, 0.1) is 0 Å². The lowest BCUT2D eigenvalue weighted by atomic mass is 10.0. The number of hydrogen-bond acceptors (Lipinski definition) is 6. The second-order valence-electron chi connectivity index (χ2n) is 24.5. The maximum atomic E-state index is 12.9. The highest BCUT2D eigenvalue weighted by molar-refractivity contribution is 5.71. The molecule has 6 nitrogen and oxygen atoms in total. The van der Waals surface area contributed by atoms with E-state index in [1.807, 2.05) is 0 Å². The third kappa shape index (κ3) is 66.6. The van der Waals surface area contributed by atoms with Crippen LogP contribution in [0.4, 0.5) is 0 Å². The predicted molar refractivity (Wildman–Crippen MR) is 344 cm³/mol. The van der Waals surface area contributed by atoms with Gasteiger partial charge < -0.3 is 14.2 Å². The third-order valence-electron chi connectivity index (χ3n) is 16.5. The van der Waals surface area contributed by atoms with Gasteiger partial charge in [-0.15, -0.1) is 0 Å². The minimum absolute atomic E-state index is 0.0634. The molecule has 0 spiro atoms. The summed E-state index contributed by atoms with van der Waals surface area (Å²) in [6.07, 6.45) is 83.9. The van der Waals surface area contributed by atoms with Gasteiger partial charge in [-0.05, 0) is 51.4 Å². The molecule has 0 aromatic carbocycles. The fourth-order valence-corrected chi connectivity index (χ4v) is 11.1. The van der Waals surface area contributed by atoms with Crippen molar-refractivity contribution in [1.82, 2.24) is 0 Å². The summed E-state index contributed by atoms with van der Waals surface area (Å²) in [4.78, 5) is 38.2. The van der Waals surface area contributed by atoms with Gasteiger partial charge in [0.15, 0.2) is 6.10 Å². The smallest absolute Gasteiger partial charge is 0.306 e. The number of allylic oxidation sites excluding steroid dienone is 4. The molecule has 0 fully saturated rings. The number of carbonyl (C=O) groups excluding carboxylic acids is 3. The van der Waals surface area contributed by atoms with Gasteiger partial charge in [0.2, 0.25) is 0 Å². The lowest BCUT2D eigenvalue weighted by Crippen LogP contribution is -2.30. The zero-order valence-corrected chi connectivity index (χ0v) is 53.7. The number of ether oxygens (including phenoxy) is 3. The normalized spacial score (nSPS) is 12.1. The van der Waals surface area contributed by atoms with Crippen LogP contribution in [0.3, 0.4) is 0 Å². The van der Waals surface area contributed by atoms with E-state index in [1.165, 1.54) is 302 Å². The summed E-state index contributed by atoms with van der Waals surface area (Å²) >= 11 is 0. The van der Waals surface area contributed by atoms with Crippen molar-refractivity contribution in [2.24, 2.45) is 0 Å². The molecule has 0 aliphatic heterocycles. The Balaban J connectivity index is 3.99. The van der Waals surface area contributed by atoms with Crippen LogP contribution in [0.2, 0.25) is 0 Å². The molecule has 0 radical (unpaired) electrons. The summed E-state index contributed by atoms with van der Waals surface area (Å²) in [6, 6.07) is 0. The summed E-state index contributed by atoms with van der Waals surface area (Å²) in [6.45, 7) is 6.68. The molecule has 0 amide bonds. The molecular weight excluding hydrogens is 973 g/mol. The van der Waals surface area contributed by atoms with Crippen LogP contribution in [0.25, 0.3) is 0 Å². The molecule has 0 heterocycles. The molecule has 466 valence electrons. The second-order valence-corrected chi connectivity index (χ2v) is 24.5. The van der Waals surface area contributed by atoms with Gasteiger partial charge in [-0.3, -0.25) is 14.4 Å². The number of hydrogen-bond donors (Lipinski definition) is 0. The monoisotopic (exact) mass is 1110 g/mol. The maximum Gasteiger partial charge on any atom is 0.306 e. The van der Waals surface area contributed by atoms with Gasteiger partial charge in [0.25, 0.3) is 0 Å². The minimum atomic E-state index is -0.764. The number of rotatable bonds is 67. The summed E-state index contributed by atoms with van der Waals surface area (Å²) in [7, 11) is 0. The highest BCUT2D eigenvalue weighted by Crippen LogP contribution is 2.19. The van der Waals surface area contributed by atoms with Crippen LogP contribution >= 0.6 is 0 Å². The quantitative estimate of drug-likeness (QED) is 0.0261. The summed E-state index contributed by atoms with van der Waals surface area (Å²) < 4.78 is 16.9. The van der Waals surface area contributed by atoms with E-state index in [1.54, 1.807) is 0 Å². The molecular formula is C73H138O6. The van der Waals surface area contributed by atoms with Crippen LogP contribution in [-0.2, 0) is 28.6 Å². The Hall–Kier alpha value is -2.11. The molecule has 0 aromatic rings. The first-order chi connectivity index (χ1) is 39.0. The van der Waals surface area contributed by atoms with E-state index in [0.717, 1.165) is 64.2 Å². The first kappa shape index (κ1) is 76.9. The Kier molecular flexibility index (Phi) is 66.6. The molecule has 0 saturated carbocycles. The zero-order valence-electron chi connectivity index (χ0n) is 53.7. The summed E-state index contributed by atoms with van der Waals surface area (Å²) in [5, 5.41) is 0. The average molecular weight is 1110 g/mol. The largest absolute Gasteiger partial charge is 0.462 e. The van der Waals surface area contributed by atoms with Crippen molar-refractivity contribution in [3.05, 3.63) is 24.3 Å². The van der Waals surface area contributed by atoms with E-state index >= 15 is 0 Å². The van der Waals surface area contributed by atoms with Crippen LogP contribution in [-0.4, -0.2) is 37.2 Å². The molecule has 0 aliphatic rings. The van der Waals surface area contributed by atoms with E-state index in [-0.39, 0.29) is 31.1 Å². The van der Waals surface area contributed by atoms with Crippen molar-refractivity contribution in [2.75, 3.05) is 13.2 Å². The van der Waals surface area contributed by atoms with Crippen molar-refractivity contribution < 1.29 is 28.6 Å². The van der Waals surface area contributed by atoms with Crippen molar-refractivity contribution >= 4 is 17.9 Å². The highest BCUT2D eigenvalue weighted by Gasteiger charge is 2.19. The van der Waals surface area contributed by atoms with Crippen LogP contribution in [0.5, 0.6) is 0 Å². The molecule has 0 bridgehead atoms. The Morgan fingerprint density at radius 1 is 0.253 bits per heavy atom. The van der Waals surface area contributed by atoms with Crippen molar-refractivity contribution in [1.29, 1.82) is 0 Å². The fourth-order valence-electron chi connectivity index (χ4n) is 11.1. The van der Waals surface area contributed by atoms with E-state index in [9.17, 15) is 14.4 Å². The third-order valence-corrected chi connectivity index (χ3v) is 16.5. The highest BCUT2D eigenvalue weighted by atomic mass is 16.6. The number of esters is 3. The SMILES string of the molecule is CCCCCCC/C=C\C/C=C\CCCCCCCCCCCCCCCCCCCCCCCC(=O)OCC(COC(=O)CCCCCCCCCC)OC(=O)CCCCCCCCCCCCCCCCCCCCCC. The molecule has 79 heavy (non-hydrogen) atoms. The van der Waals surface area contributed by atoms with Crippen LogP contribution in [0.15, 0.2) is 24.3 Å². The summed E-state index contributed by atoms with van der Waals surface area (Å²) in [5.41, 5.74) is 0. The Bertz CT molecular complexity index is 1270. The Labute approximate surface area is 493 Å². The van der Waals surface area contributed by atoms with Crippen LogP contribution in [0.1, 0.15) is 406 Å². The van der Waals surface area contributed by atoms with E-state index in [0.29, 0.717) is 19.3 Å². The maximum absolute atomic E-state index is 12.9. The standard InChI is InChI=1S/C73H138O6/c1-4-7-10-13-16-19-21-23-25-27-29-31-32-33-34-35-36-37-38-39-40-41-42-43-45-46-48-50-52-54-57-60-63-66-72(75)78-69-70(68-77-71(74)65-62-59-56-18-15-12-9-6-3)79-73(76)67-64-61-58-55-53-51-49-47-44-30-28-26-24-22-20-17-14-11-8-5-2/h21,23,27,29,70H,4-20,22,24-26,28,30-69H2,1-3H3/b23-21-,29-27-. The zero-order chi connectivity index (χ0) is 57.1. The number of unbranched alkanes of at least 4 members (excludes halogenated alkanes) is 52. The van der Waals surface area contributed by atoms with Gasteiger partial charge in [-0.2, -0.15) is 0 Å². The summed E-state index contributed by atoms with van der Waals surface area (Å²) in [5.74, 6) is -0.836. The van der Waals surface area contributed by atoms with Gasteiger partial charge in [0.1, 0.15) is 13.2 Å². The van der Waals surface area contributed by atoms with E-state index < -0.39 is 6.10 Å². The van der Waals surface area contributed by atoms with Gasteiger partial charge in [-0.25, -0.2) is 0 Å². The molecule has 0 N–H and O–H groups in total. The Morgan fingerprint density at radius 2 is 0.456 bits per heavy atom. The molecule has 1 unspecified atom stereocenters. The van der Waals surface area contributed by atoms with Gasteiger partial charge in [0.05, 0.1) is 0 Å².